The lowest BCUT2D eigenvalue weighted by Crippen LogP contribution is -2.12. The van der Waals surface area contributed by atoms with Crippen LogP contribution in [0.3, 0.4) is 0 Å². The smallest absolute Gasteiger partial charge is 0.158 e. The molecule has 0 aliphatic heterocycles. The summed E-state index contributed by atoms with van der Waals surface area (Å²) in [4.78, 5) is 11.6. The summed E-state index contributed by atoms with van der Waals surface area (Å²) in [5.74, 6) is 1.41. The van der Waals surface area contributed by atoms with E-state index in [2.05, 4.69) is 26.0 Å². The van der Waals surface area contributed by atoms with Gasteiger partial charge in [-0.15, -0.1) is 0 Å². The molecule has 0 saturated heterocycles. The largest absolute Gasteiger partial charge is 0.373 e. The molecule has 0 aromatic rings. The van der Waals surface area contributed by atoms with Crippen LogP contribution in [-0.2, 0) is 9.53 Å². The van der Waals surface area contributed by atoms with Gasteiger partial charge in [-0.1, -0.05) is 63.8 Å². The average Bonchev–Trinajstić information content (AvgIpc) is 2.86. The molecular weight excluding hydrogens is 236 g/mol. The molecule has 0 radical (unpaired) electrons. The predicted molar refractivity (Wildman–Crippen MR) is 80.1 cm³/mol. The molecule has 0 spiro atoms. The highest BCUT2D eigenvalue weighted by Crippen LogP contribution is 2.11. The second kappa shape index (κ2) is 9.96. The van der Waals surface area contributed by atoms with Crippen molar-refractivity contribution in [2.24, 2.45) is 11.8 Å². The van der Waals surface area contributed by atoms with E-state index in [4.69, 9.17) is 4.74 Å². The van der Waals surface area contributed by atoms with Gasteiger partial charge in [0.05, 0.1) is 6.61 Å². The van der Waals surface area contributed by atoms with Gasteiger partial charge in [-0.25, -0.2) is 0 Å². The zero-order chi connectivity index (χ0) is 13.9. The van der Waals surface area contributed by atoms with E-state index in [9.17, 15) is 4.79 Å². The van der Waals surface area contributed by atoms with Crippen molar-refractivity contribution < 1.29 is 9.53 Å². The molecule has 0 atom stereocenters. The van der Waals surface area contributed by atoms with Crippen LogP contribution < -0.4 is 0 Å². The second-order valence-corrected chi connectivity index (χ2v) is 5.83. The Bertz CT molecular complexity index is 290. The summed E-state index contributed by atoms with van der Waals surface area (Å²) in [5, 5.41) is 0. The molecule has 0 bridgehead atoms. The maximum absolute atomic E-state index is 11.6. The Morgan fingerprint density at radius 3 is 2.47 bits per heavy atom. The maximum atomic E-state index is 11.6. The van der Waals surface area contributed by atoms with Crippen molar-refractivity contribution in [2.45, 2.75) is 52.4 Å². The van der Waals surface area contributed by atoms with Crippen molar-refractivity contribution in [3.05, 3.63) is 24.3 Å². The zero-order valence-electron chi connectivity index (χ0n) is 12.4. The molecule has 1 aliphatic rings. The molecule has 0 amide bonds. The molecule has 0 aromatic heterocycles. The quantitative estimate of drug-likeness (QED) is 0.520. The van der Waals surface area contributed by atoms with Crippen LogP contribution in [0.15, 0.2) is 24.3 Å². The Kier molecular flexibility index (Phi) is 8.48. The third kappa shape index (κ3) is 8.77. The fraction of sp³-hybridized carbons (Fsp3) is 0.706. The SMILES string of the molecule is CC(C)CCCCCCC(=O)COCC1C=CC=C1. The van der Waals surface area contributed by atoms with Crippen molar-refractivity contribution in [1.29, 1.82) is 0 Å². The number of allylic oxidation sites excluding steroid dienone is 2. The van der Waals surface area contributed by atoms with Gasteiger partial charge in [-0.3, -0.25) is 4.79 Å². The third-order valence-corrected chi connectivity index (χ3v) is 3.39. The molecule has 1 rings (SSSR count). The summed E-state index contributed by atoms with van der Waals surface area (Å²) >= 11 is 0. The molecule has 0 fully saturated rings. The Labute approximate surface area is 117 Å². The van der Waals surface area contributed by atoms with E-state index >= 15 is 0 Å². The molecule has 0 N–H and O–H groups in total. The van der Waals surface area contributed by atoms with Gasteiger partial charge in [0.15, 0.2) is 5.78 Å². The minimum Gasteiger partial charge on any atom is -0.373 e. The molecular formula is C17H28O2. The van der Waals surface area contributed by atoms with Crippen LogP contribution in [0.4, 0.5) is 0 Å². The summed E-state index contributed by atoms with van der Waals surface area (Å²) in [6.45, 7) is 5.43. The fourth-order valence-electron chi connectivity index (χ4n) is 2.20. The average molecular weight is 264 g/mol. The lowest BCUT2D eigenvalue weighted by Gasteiger charge is -2.07. The van der Waals surface area contributed by atoms with Crippen LogP contribution in [0.5, 0.6) is 0 Å². The van der Waals surface area contributed by atoms with Gasteiger partial charge in [0.1, 0.15) is 6.61 Å². The molecule has 0 aromatic carbocycles. The number of Topliss-reactive ketones (excluding diaryl/α,β-unsaturated/α-hetero) is 1. The van der Waals surface area contributed by atoms with Crippen molar-refractivity contribution in [2.75, 3.05) is 13.2 Å². The van der Waals surface area contributed by atoms with Gasteiger partial charge in [-0.2, -0.15) is 0 Å². The van der Waals surface area contributed by atoms with Crippen molar-refractivity contribution in [1.82, 2.24) is 0 Å². The Morgan fingerprint density at radius 1 is 1.11 bits per heavy atom. The first-order valence-corrected chi connectivity index (χ1v) is 7.63. The molecule has 2 heteroatoms. The van der Waals surface area contributed by atoms with Crippen LogP contribution in [0.25, 0.3) is 0 Å². The first kappa shape index (κ1) is 16.2. The van der Waals surface area contributed by atoms with Crippen molar-refractivity contribution in [3.8, 4) is 0 Å². The topological polar surface area (TPSA) is 26.3 Å². The monoisotopic (exact) mass is 264 g/mol. The molecule has 0 heterocycles. The van der Waals surface area contributed by atoms with Crippen LogP contribution >= 0.6 is 0 Å². The summed E-state index contributed by atoms with van der Waals surface area (Å²) in [6, 6.07) is 0. The summed E-state index contributed by atoms with van der Waals surface area (Å²) < 4.78 is 5.44. The van der Waals surface area contributed by atoms with Crippen molar-refractivity contribution in [3.63, 3.8) is 0 Å². The summed E-state index contributed by atoms with van der Waals surface area (Å²) in [7, 11) is 0. The van der Waals surface area contributed by atoms with Gasteiger partial charge in [0.2, 0.25) is 0 Å². The number of ether oxygens (including phenoxy) is 1. The lowest BCUT2D eigenvalue weighted by atomic mass is 10.0. The van der Waals surface area contributed by atoms with E-state index in [1.165, 1.54) is 25.7 Å². The first-order valence-electron chi connectivity index (χ1n) is 7.63. The second-order valence-electron chi connectivity index (χ2n) is 5.83. The highest BCUT2D eigenvalue weighted by Gasteiger charge is 2.06. The maximum Gasteiger partial charge on any atom is 0.158 e. The molecule has 2 nitrogen and oxygen atoms in total. The third-order valence-electron chi connectivity index (χ3n) is 3.39. The van der Waals surface area contributed by atoms with E-state index < -0.39 is 0 Å². The molecule has 0 saturated carbocycles. The number of rotatable bonds is 11. The Hall–Kier alpha value is -0.890. The van der Waals surface area contributed by atoms with Crippen LogP contribution in [0.1, 0.15) is 52.4 Å². The van der Waals surface area contributed by atoms with E-state index in [1.807, 2.05) is 12.2 Å². The van der Waals surface area contributed by atoms with Crippen LogP contribution in [0, 0.1) is 11.8 Å². The summed E-state index contributed by atoms with van der Waals surface area (Å²) in [6.07, 6.45) is 15.0. The normalized spacial score (nSPS) is 14.7. The van der Waals surface area contributed by atoms with E-state index in [-0.39, 0.29) is 12.4 Å². The lowest BCUT2D eigenvalue weighted by molar-refractivity contribution is -0.123. The number of ketones is 1. The highest BCUT2D eigenvalue weighted by atomic mass is 16.5. The van der Waals surface area contributed by atoms with Gasteiger partial charge in [0, 0.05) is 12.3 Å². The standard InChI is InChI=1S/C17H28O2/c1-15(2)9-5-3-4-6-12-17(18)14-19-13-16-10-7-8-11-16/h7-8,10-11,15-16H,3-6,9,12-14H2,1-2H3. The summed E-state index contributed by atoms with van der Waals surface area (Å²) in [5.41, 5.74) is 0. The predicted octanol–water partition coefficient (Wildman–Crippen LogP) is 4.31. The molecule has 0 unspecified atom stereocenters. The van der Waals surface area contributed by atoms with Gasteiger partial charge in [0.25, 0.3) is 0 Å². The number of carbonyl (C=O) groups is 1. The van der Waals surface area contributed by atoms with E-state index in [1.54, 1.807) is 0 Å². The van der Waals surface area contributed by atoms with Gasteiger partial charge >= 0.3 is 0 Å². The van der Waals surface area contributed by atoms with Gasteiger partial charge in [-0.05, 0) is 12.3 Å². The Morgan fingerprint density at radius 2 is 1.79 bits per heavy atom. The zero-order valence-corrected chi connectivity index (χ0v) is 12.4. The van der Waals surface area contributed by atoms with E-state index in [0.29, 0.717) is 18.9 Å². The Balaban J connectivity index is 1.87. The number of carbonyl (C=O) groups excluding carboxylic acids is 1. The fourth-order valence-corrected chi connectivity index (χ4v) is 2.20. The van der Waals surface area contributed by atoms with E-state index in [0.717, 1.165) is 12.3 Å². The number of hydrogen-bond acceptors (Lipinski definition) is 2. The highest BCUT2D eigenvalue weighted by molar-refractivity contribution is 5.79. The molecule has 1 aliphatic carbocycles. The van der Waals surface area contributed by atoms with Crippen molar-refractivity contribution >= 4 is 5.78 Å². The molecule has 19 heavy (non-hydrogen) atoms. The number of hydrogen-bond donors (Lipinski definition) is 0. The molecule has 108 valence electrons. The minimum atomic E-state index is 0.245. The van der Waals surface area contributed by atoms with Gasteiger partial charge < -0.3 is 4.74 Å². The van der Waals surface area contributed by atoms with Crippen LogP contribution in [-0.4, -0.2) is 19.0 Å². The van der Waals surface area contributed by atoms with Crippen LogP contribution in [0.2, 0.25) is 0 Å². The number of unbranched alkanes of at least 4 members (excludes halogenated alkanes) is 3. The first-order chi connectivity index (χ1) is 9.18. The minimum absolute atomic E-state index is 0.245.